The summed E-state index contributed by atoms with van der Waals surface area (Å²) in [6, 6.07) is 6.28. The summed E-state index contributed by atoms with van der Waals surface area (Å²) in [5.41, 5.74) is 0.981. The summed E-state index contributed by atoms with van der Waals surface area (Å²) in [5.74, 6) is -0.489. The van der Waals surface area contributed by atoms with Gasteiger partial charge in [0.2, 0.25) is 0 Å². The Kier molecular flexibility index (Phi) is 4.17. The first-order chi connectivity index (χ1) is 12.1. The van der Waals surface area contributed by atoms with E-state index >= 15 is 0 Å². The normalized spacial score (nSPS) is 21.1. The minimum Gasteiger partial charge on any atom is -0.368 e. The molecule has 132 valence electrons. The maximum atomic E-state index is 13.8. The first-order valence-corrected chi connectivity index (χ1v) is 8.60. The van der Waals surface area contributed by atoms with Crippen molar-refractivity contribution in [3.8, 4) is 0 Å². The molecule has 0 spiro atoms. The van der Waals surface area contributed by atoms with Crippen molar-refractivity contribution in [2.24, 2.45) is 0 Å². The van der Waals surface area contributed by atoms with Crippen LogP contribution in [0.3, 0.4) is 0 Å². The zero-order chi connectivity index (χ0) is 17.4. The van der Waals surface area contributed by atoms with Crippen LogP contribution < -0.4 is 0 Å². The smallest absolute Gasteiger partial charge is 0.270 e. The molecule has 0 radical (unpaired) electrons. The molecule has 2 aliphatic heterocycles. The van der Waals surface area contributed by atoms with Crippen LogP contribution in [0.4, 0.5) is 4.39 Å². The van der Waals surface area contributed by atoms with Gasteiger partial charge in [-0.2, -0.15) is 0 Å². The molecule has 2 amide bonds. The third kappa shape index (κ3) is 3.00. The zero-order valence-electron chi connectivity index (χ0n) is 13.8. The lowest BCUT2D eigenvalue weighted by Crippen LogP contribution is -2.52. The lowest BCUT2D eigenvalue weighted by molar-refractivity contribution is -0.142. The van der Waals surface area contributed by atoms with Crippen molar-refractivity contribution in [3.63, 3.8) is 0 Å². The molecule has 0 saturated carbocycles. The molecule has 7 heteroatoms. The Balaban J connectivity index is 1.42. The van der Waals surface area contributed by atoms with Crippen LogP contribution in [0.15, 0.2) is 24.3 Å². The summed E-state index contributed by atoms with van der Waals surface area (Å²) in [6.07, 6.45) is 1.38. The highest BCUT2D eigenvalue weighted by molar-refractivity contribution is 5.98. The molecular weight excluding hydrogens is 325 g/mol. The van der Waals surface area contributed by atoms with Gasteiger partial charge in [0.05, 0.1) is 0 Å². The number of carbonyl (C=O) groups is 2. The monoisotopic (exact) mass is 345 g/mol. The fraction of sp³-hybridized carbons (Fsp3) is 0.444. The van der Waals surface area contributed by atoms with Crippen molar-refractivity contribution >= 4 is 22.7 Å². The van der Waals surface area contributed by atoms with E-state index in [2.05, 4.69) is 4.98 Å². The van der Waals surface area contributed by atoms with Crippen LogP contribution in [0.2, 0.25) is 0 Å². The average Bonchev–Trinajstić information content (AvgIpc) is 3.31. The molecule has 1 atom stereocenters. The highest BCUT2D eigenvalue weighted by atomic mass is 19.1. The van der Waals surface area contributed by atoms with Gasteiger partial charge in [-0.15, -0.1) is 0 Å². The number of amides is 2. The number of piperazine rings is 1. The van der Waals surface area contributed by atoms with E-state index in [0.717, 1.165) is 12.8 Å². The van der Waals surface area contributed by atoms with Crippen molar-refractivity contribution in [3.05, 3.63) is 35.8 Å². The molecule has 1 aromatic carbocycles. The van der Waals surface area contributed by atoms with Gasteiger partial charge < -0.3 is 19.5 Å². The van der Waals surface area contributed by atoms with Crippen LogP contribution in [-0.2, 0) is 9.53 Å². The van der Waals surface area contributed by atoms with Crippen molar-refractivity contribution in [2.45, 2.75) is 18.9 Å². The van der Waals surface area contributed by atoms with Crippen LogP contribution in [0, 0.1) is 5.82 Å². The first kappa shape index (κ1) is 16.1. The molecule has 6 nitrogen and oxygen atoms in total. The van der Waals surface area contributed by atoms with E-state index in [1.165, 1.54) is 6.07 Å². The van der Waals surface area contributed by atoms with Crippen molar-refractivity contribution in [1.82, 2.24) is 14.8 Å². The SMILES string of the molecule is O=C(c1cc2c(F)cccc2[nH]1)N1CCN(C(=O)C2CCCO2)CC1. The number of H-pyrrole nitrogens is 1. The minimum atomic E-state index is -0.347. The molecule has 4 rings (SSSR count). The summed E-state index contributed by atoms with van der Waals surface area (Å²) in [5, 5.41) is 0.415. The van der Waals surface area contributed by atoms with Crippen LogP contribution in [0.5, 0.6) is 0 Å². The topological polar surface area (TPSA) is 65.6 Å². The molecule has 1 N–H and O–H groups in total. The van der Waals surface area contributed by atoms with Crippen LogP contribution in [-0.4, -0.2) is 65.5 Å². The number of rotatable bonds is 2. The fourth-order valence-corrected chi connectivity index (χ4v) is 3.51. The predicted octanol–water partition coefficient (Wildman–Crippen LogP) is 1.77. The number of nitrogens with one attached hydrogen (secondary N) is 1. The van der Waals surface area contributed by atoms with Crippen molar-refractivity contribution in [2.75, 3.05) is 32.8 Å². The second-order valence-corrected chi connectivity index (χ2v) is 6.50. The maximum Gasteiger partial charge on any atom is 0.270 e. The third-order valence-electron chi connectivity index (χ3n) is 4.93. The van der Waals surface area contributed by atoms with Gasteiger partial charge in [-0.3, -0.25) is 9.59 Å². The van der Waals surface area contributed by atoms with Crippen LogP contribution in [0.25, 0.3) is 10.9 Å². The standard InChI is InChI=1S/C18H20FN3O3/c19-13-3-1-4-14-12(13)11-15(20-14)17(23)21-6-8-22(9-7-21)18(24)16-5-2-10-25-16/h1,3-4,11,16,20H,2,5-10H2. The Hall–Kier alpha value is -2.41. The highest BCUT2D eigenvalue weighted by Crippen LogP contribution is 2.21. The van der Waals surface area contributed by atoms with Gasteiger partial charge in [-0.1, -0.05) is 6.07 Å². The van der Waals surface area contributed by atoms with E-state index in [9.17, 15) is 14.0 Å². The summed E-state index contributed by atoms with van der Waals surface area (Å²) >= 11 is 0. The number of aromatic nitrogens is 1. The van der Waals surface area contributed by atoms with E-state index in [1.54, 1.807) is 28.0 Å². The van der Waals surface area contributed by atoms with Gasteiger partial charge in [-0.25, -0.2) is 4.39 Å². The van der Waals surface area contributed by atoms with Gasteiger partial charge in [0.1, 0.15) is 17.6 Å². The van der Waals surface area contributed by atoms with Crippen molar-refractivity contribution < 1.29 is 18.7 Å². The average molecular weight is 345 g/mol. The van der Waals surface area contributed by atoms with Crippen LogP contribution in [0.1, 0.15) is 23.3 Å². The Labute approximate surface area is 144 Å². The predicted molar refractivity (Wildman–Crippen MR) is 89.7 cm³/mol. The summed E-state index contributed by atoms with van der Waals surface area (Å²) in [6.45, 7) is 2.58. The van der Waals surface area contributed by atoms with E-state index in [-0.39, 0.29) is 23.7 Å². The lowest BCUT2D eigenvalue weighted by atomic mass is 10.2. The van der Waals surface area contributed by atoms with Gasteiger partial charge in [0, 0.05) is 43.7 Å². The largest absolute Gasteiger partial charge is 0.368 e. The zero-order valence-corrected chi connectivity index (χ0v) is 13.8. The Morgan fingerprint density at radius 3 is 2.60 bits per heavy atom. The number of fused-ring (bicyclic) bond motifs is 1. The number of halogens is 1. The van der Waals surface area contributed by atoms with E-state index in [4.69, 9.17) is 4.74 Å². The minimum absolute atomic E-state index is 0.0253. The molecule has 3 heterocycles. The van der Waals surface area contributed by atoms with E-state index in [1.807, 2.05) is 0 Å². The molecule has 1 aromatic heterocycles. The van der Waals surface area contributed by atoms with Crippen molar-refractivity contribution in [1.29, 1.82) is 0 Å². The molecule has 0 aliphatic carbocycles. The number of hydrogen-bond acceptors (Lipinski definition) is 3. The van der Waals surface area contributed by atoms with E-state index < -0.39 is 0 Å². The Morgan fingerprint density at radius 1 is 1.16 bits per heavy atom. The van der Waals surface area contributed by atoms with Gasteiger partial charge >= 0.3 is 0 Å². The third-order valence-corrected chi connectivity index (χ3v) is 4.93. The summed E-state index contributed by atoms with van der Waals surface area (Å²) < 4.78 is 19.2. The number of aromatic amines is 1. The molecule has 0 bridgehead atoms. The van der Waals surface area contributed by atoms with Gasteiger partial charge in [0.15, 0.2) is 0 Å². The maximum absolute atomic E-state index is 13.8. The second-order valence-electron chi connectivity index (χ2n) is 6.50. The number of carbonyl (C=O) groups excluding carboxylic acids is 2. The molecular formula is C18H20FN3O3. The summed E-state index contributed by atoms with van der Waals surface area (Å²) in [4.78, 5) is 31.5. The molecule has 1 unspecified atom stereocenters. The van der Waals surface area contributed by atoms with Gasteiger partial charge in [0.25, 0.3) is 11.8 Å². The Bertz CT molecular complexity index is 805. The van der Waals surface area contributed by atoms with E-state index in [0.29, 0.717) is 49.4 Å². The summed E-state index contributed by atoms with van der Waals surface area (Å²) in [7, 11) is 0. The quantitative estimate of drug-likeness (QED) is 0.902. The first-order valence-electron chi connectivity index (χ1n) is 8.60. The second kappa shape index (κ2) is 6.48. The van der Waals surface area contributed by atoms with Crippen LogP contribution >= 0.6 is 0 Å². The molecule has 2 fully saturated rings. The Morgan fingerprint density at radius 2 is 1.92 bits per heavy atom. The molecule has 25 heavy (non-hydrogen) atoms. The highest BCUT2D eigenvalue weighted by Gasteiger charge is 2.31. The number of nitrogens with zero attached hydrogens (tertiary/aromatic N) is 2. The fourth-order valence-electron chi connectivity index (χ4n) is 3.51. The molecule has 2 aliphatic rings. The lowest BCUT2D eigenvalue weighted by Gasteiger charge is -2.35. The van der Waals surface area contributed by atoms with Gasteiger partial charge in [-0.05, 0) is 31.0 Å². The number of benzene rings is 1. The number of ether oxygens (including phenoxy) is 1. The molecule has 2 saturated heterocycles. The number of hydrogen-bond donors (Lipinski definition) is 1. The molecule has 2 aromatic rings.